The third-order valence-electron chi connectivity index (χ3n) is 7.37. The van der Waals surface area contributed by atoms with Crippen LogP contribution in [0.2, 0.25) is 10.0 Å². The summed E-state index contributed by atoms with van der Waals surface area (Å²) in [7, 11) is 4.57. The summed E-state index contributed by atoms with van der Waals surface area (Å²) in [6.07, 6.45) is 2.39. The predicted octanol–water partition coefficient (Wildman–Crippen LogP) is 5.87. The highest BCUT2D eigenvalue weighted by atomic mass is 35.5. The molecule has 42 heavy (non-hydrogen) atoms. The first-order valence-corrected chi connectivity index (χ1v) is 15.1. The molecule has 2 aromatic carbocycles. The summed E-state index contributed by atoms with van der Waals surface area (Å²) in [4.78, 5) is 23.9. The maximum atomic E-state index is 13.1. The van der Waals surface area contributed by atoms with Crippen molar-refractivity contribution in [3.8, 4) is 22.6 Å². The second-order valence-corrected chi connectivity index (χ2v) is 12.5. The number of hydrogen-bond acceptors (Lipinski definition) is 8. The minimum absolute atomic E-state index is 0.199. The molecule has 1 aliphatic rings. The molecule has 0 radical (unpaired) electrons. The molecule has 0 spiro atoms. The van der Waals surface area contributed by atoms with Crippen LogP contribution in [0.4, 0.5) is 10.7 Å². The van der Waals surface area contributed by atoms with Gasteiger partial charge in [-0.15, -0.1) is 0 Å². The first kappa shape index (κ1) is 32.0. The Labute approximate surface area is 257 Å². The van der Waals surface area contributed by atoms with Crippen LogP contribution in [0, 0.1) is 0 Å². The number of halogens is 2. The number of aromatic nitrogens is 2. The topological polar surface area (TPSA) is 126 Å². The maximum Gasteiger partial charge on any atom is 0.410 e. The van der Waals surface area contributed by atoms with E-state index in [1.807, 2.05) is 39.0 Å². The monoisotopic (exact) mass is 639 g/mol. The van der Waals surface area contributed by atoms with Crippen molar-refractivity contribution in [2.24, 2.45) is 0 Å². The Morgan fingerprint density at radius 3 is 2.48 bits per heavy atom. The standard InChI is InChI=1S/C28H35Cl2N5O6S/c1-7-28(2,3)41-27(36)35-14-18(11-19(35)15-34(4)42(37)38)32-26-31-13-17-10-16(8-9-20(17)33-26)23-24(29)21(39-5)12-22(40-6)25(23)30/h8-10,12-13,18-19H,7,11,14-15H2,1-6H3,(H,37,38)(H,31,32,33). The average molecular weight is 641 g/mol. The third-order valence-corrected chi connectivity index (χ3v) is 8.81. The quantitative estimate of drug-likeness (QED) is 0.262. The van der Waals surface area contributed by atoms with Crippen molar-refractivity contribution in [3.63, 3.8) is 0 Å². The van der Waals surface area contributed by atoms with E-state index < -0.39 is 23.0 Å². The Kier molecular flexibility index (Phi) is 10.0. The number of nitrogens with one attached hydrogen (secondary N) is 1. The Balaban J connectivity index is 1.57. The maximum absolute atomic E-state index is 13.1. The van der Waals surface area contributed by atoms with Gasteiger partial charge in [0.15, 0.2) is 0 Å². The zero-order valence-corrected chi connectivity index (χ0v) is 26.6. The van der Waals surface area contributed by atoms with Crippen molar-refractivity contribution < 1.29 is 27.8 Å². The third kappa shape index (κ3) is 7.00. The fourth-order valence-corrected chi connectivity index (χ4v) is 5.74. The highest BCUT2D eigenvalue weighted by Gasteiger charge is 2.39. The molecule has 1 aromatic heterocycles. The van der Waals surface area contributed by atoms with E-state index in [1.54, 1.807) is 17.2 Å². The summed E-state index contributed by atoms with van der Waals surface area (Å²) in [5, 5.41) is 4.80. The molecule has 1 amide bonds. The number of anilines is 1. The van der Waals surface area contributed by atoms with Crippen LogP contribution in [-0.4, -0.2) is 86.1 Å². The number of methoxy groups -OCH3 is 2. The zero-order valence-electron chi connectivity index (χ0n) is 24.3. The van der Waals surface area contributed by atoms with Gasteiger partial charge >= 0.3 is 6.09 Å². The summed E-state index contributed by atoms with van der Waals surface area (Å²) in [6, 6.07) is 6.67. The number of fused-ring (bicyclic) bond motifs is 1. The van der Waals surface area contributed by atoms with Crippen LogP contribution in [0.1, 0.15) is 33.6 Å². The number of carbonyl (C=O) groups excluding carboxylic acids is 1. The van der Waals surface area contributed by atoms with Crippen LogP contribution in [-0.2, 0) is 16.0 Å². The van der Waals surface area contributed by atoms with E-state index in [0.717, 1.165) is 10.9 Å². The highest BCUT2D eigenvalue weighted by Crippen LogP contribution is 2.46. The molecule has 3 unspecified atom stereocenters. The van der Waals surface area contributed by atoms with Crippen molar-refractivity contribution >= 4 is 57.4 Å². The molecule has 4 rings (SSSR count). The van der Waals surface area contributed by atoms with Crippen LogP contribution in [0.25, 0.3) is 22.0 Å². The Bertz CT molecular complexity index is 1460. The minimum atomic E-state index is -2.16. The predicted molar refractivity (Wildman–Crippen MR) is 165 cm³/mol. The van der Waals surface area contributed by atoms with Crippen molar-refractivity contribution in [3.05, 3.63) is 40.5 Å². The first-order chi connectivity index (χ1) is 19.9. The number of hydrogen-bond donors (Lipinski definition) is 2. The number of ether oxygens (including phenoxy) is 3. The molecular weight excluding hydrogens is 605 g/mol. The molecule has 0 aliphatic carbocycles. The van der Waals surface area contributed by atoms with Gasteiger partial charge in [0.25, 0.3) is 0 Å². The van der Waals surface area contributed by atoms with Gasteiger partial charge < -0.3 is 24.4 Å². The molecular formula is C28H35Cl2N5O6S. The minimum Gasteiger partial charge on any atom is -0.495 e. The van der Waals surface area contributed by atoms with Gasteiger partial charge in [0.1, 0.15) is 17.1 Å². The zero-order chi connectivity index (χ0) is 30.8. The number of rotatable bonds is 10. The van der Waals surface area contributed by atoms with Gasteiger partial charge in [0.05, 0.1) is 35.8 Å². The Hall–Kier alpha value is -2.90. The summed E-state index contributed by atoms with van der Waals surface area (Å²) in [6.45, 7) is 6.16. The fourth-order valence-electron chi connectivity index (χ4n) is 4.73. The smallest absolute Gasteiger partial charge is 0.410 e. The number of carbonyl (C=O) groups is 1. The lowest BCUT2D eigenvalue weighted by Gasteiger charge is -2.31. The van der Waals surface area contributed by atoms with E-state index in [0.29, 0.717) is 58.0 Å². The lowest BCUT2D eigenvalue weighted by atomic mass is 10.0. The van der Waals surface area contributed by atoms with Gasteiger partial charge in [-0.2, -0.15) is 0 Å². The van der Waals surface area contributed by atoms with Crippen molar-refractivity contribution in [2.75, 3.05) is 39.7 Å². The number of benzene rings is 2. The summed E-state index contributed by atoms with van der Waals surface area (Å²) in [5.74, 6) is 1.26. The van der Waals surface area contributed by atoms with Crippen LogP contribution in [0.15, 0.2) is 30.5 Å². The summed E-state index contributed by atoms with van der Waals surface area (Å²) >= 11 is 11.1. The number of nitrogens with zero attached hydrogens (tertiary/aromatic N) is 4. The van der Waals surface area contributed by atoms with Gasteiger partial charge in [-0.05, 0) is 44.4 Å². The molecule has 2 N–H and O–H groups in total. The largest absolute Gasteiger partial charge is 0.495 e. The van der Waals surface area contributed by atoms with Crippen LogP contribution >= 0.6 is 23.2 Å². The molecule has 1 saturated heterocycles. The van der Waals surface area contributed by atoms with Crippen molar-refractivity contribution in [2.45, 2.75) is 51.3 Å². The fraction of sp³-hybridized carbons (Fsp3) is 0.464. The molecule has 14 heteroatoms. The van der Waals surface area contributed by atoms with Crippen LogP contribution in [0.5, 0.6) is 11.5 Å². The lowest BCUT2D eigenvalue weighted by Crippen LogP contribution is -2.45. The number of amides is 1. The molecule has 0 saturated carbocycles. The number of likely N-dealkylation sites (N-methyl/N-ethyl adjacent to an activating group) is 1. The van der Waals surface area contributed by atoms with Crippen LogP contribution < -0.4 is 14.8 Å². The Morgan fingerprint density at radius 2 is 1.88 bits per heavy atom. The van der Waals surface area contributed by atoms with E-state index in [1.165, 1.54) is 25.6 Å². The number of likely N-dealkylation sites (tertiary alicyclic amines) is 1. The van der Waals surface area contributed by atoms with E-state index in [-0.39, 0.29) is 18.6 Å². The van der Waals surface area contributed by atoms with E-state index in [2.05, 4.69) is 15.3 Å². The molecule has 3 atom stereocenters. The van der Waals surface area contributed by atoms with Gasteiger partial charge in [-0.1, -0.05) is 36.2 Å². The SMILES string of the molecule is CCC(C)(C)OC(=O)N1CC(Nc2ncc3cc(-c4c(Cl)c(OC)cc(OC)c4Cl)ccc3n2)CC1CN(C)S(=O)O. The van der Waals surface area contributed by atoms with E-state index >= 15 is 0 Å². The molecule has 1 aliphatic heterocycles. The first-order valence-electron chi connectivity index (χ1n) is 13.3. The summed E-state index contributed by atoms with van der Waals surface area (Å²) < 4.78 is 38.9. The average Bonchev–Trinajstić information content (AvgIpc) is 3.35. The molecule has 2 heterocycles. The molecule has 3 aromatic rings. The van der Waals surface area contributed by atoms with Gasteiger partial charge in [-0.3, -0.25) is 4.55 Å². The van der Waals surface area contributed by atoms with Crippen LogP contribution in [0.3, 0.4) is 0 Å². The summed E-state index contributed by atoms with van der Waals surface area (Å²) in [5.41, 5.74) is 1.36. The van der Waals surface area contributed by atoms with E-state index in [4.69, 9.17) is 37.4 Å². The van der Waals surface area contributed by atoms with Crippen molar-refractivity contribution in [1.29, 1.82) is 0 Å². The van der Waals surface area contributed by atoms with Crippen molar-refractivity contribution in [1.82, 2.24) is 19.2 Å². The second-order valence-electron chi connectivity index (χ2n) is 10.7. The molecule has 1 fully saturated rings. The van der Waals surface area contributed by atoms with Gasteiger partial charge in [0.2, 0.25) is 17.2 Å². The Morgan fingerprint density at radius 1 is 1.21 bits per heavy atom. The molecule has 0 bridgehead atoms. The van der Waals surface area contributed by atoms with E-state index in [9.17, 15) is 13.6 Å². The second kappa shape index (κ2) is 13.2. The highest BCUT2D eigenvalue weighted by molar-refractivity contribution is 7.76. The molecule has 228 valence electrons. The normalized spacial score (nSPS) is 17.9. The lowest BCUT2D eigenvalue weighted by molar-refractivity contribution is 0.00836. The molecule has 11 nitrogen and oxygen atoms in total. The van der Waals surface area contributed by atoms with Gasteiger partial charge in [-0.25, -0.2) is 23.3 Å². The van der Waals surface area contributed by atoms with Gasteiger partial charge in [0, 0.05) is 49.4 Å².